The van der Waals surface area contributed by atoms with Crippen molar-refractivity contribution in [2.75, 3.05) is 0 Å². The number of benzene rings is 2. The van der Waals surface area contributed by atoms with Crippen LogP contribution in [0, 0.1) is 5.82 Å². The molecule has 1 aliphatic heterocycles. The van der Waals surface area contributed by atoms with Crippen molar-refractivity contribution in [1.82, 2.24) is 0 Å². The number of esters is 1. The van der Waals surface area contributed by atoms with E-state index in [2.05, 4.69) is 0 Å². The van der Waals surface area contributed by atoms with Crippen molar-refractivity contribution in [3.63, 3.8) is 0 Å². The molecule has 0 saturated heterocycles. The molecular formula is C16H11FO2. The zero-order valence-electron chi connectivity index (χ0n) is 10.0. The van der Waals surface area contributed by atoms with Crippen molar-refractivity contribution in [3.05, 3.63) is 77.1 Å². The van der Waals surface area contributed by atoms with Crippen LogP contribution in [0.2, 0.25) is 0 Å². The van der Waals surface area contributed by atoms with Gasteiger partial charge in [-0.05, 0) is 29.8 Å². The molecule has 0 bridgehead atoms. The Morgan fingerprint density at radius 3 is 2.58 bits per heavy atom. The number of rotatable bonds is 2. The Bertz CT molecular complexity index is 644. The SMILES string of the molecule is O=C1OC(/C=C/c2ccc(F)cc2)c2ccccc21. The Balaban J connectivity index is 1.85. The van der Waals surface area contributed by atoms with Gasteiger partial charge in [-0.25, -0.2) is 9.18 Å². The molecule has 19 heavy (non-hydrogen) atoms. The molecule has 3 rings (SSSR count). The van der Waals surface area contributed by atoms with Crippen molar-refractivity contribution in [1.29, 1.82) is 0 Å². The summed E-state index contributed by atoms with van der Waals surface area (Å²) in [6, 6.07) is 13.5. The highest BCUT2D eigenvalue weighted by atomic mass is 19.1. The normalized spacial score (nSPS) is 17.5. The van der Waals surface area contributed by atoms with E-state index in [-0.39, 0.29) is 17.9 Å². The van der Waals surface area contributed by atoms with Crippen LogP contribution in [0.4, 0.5) is 4.39 Å². The van der Waals surface area contributed by atoms with Gasteiger partial charge in [0.25, 0.3) is 0 Å². The lowest BCUT2D eigenvalue weighted by Crippen LogP contribution is -1.95. The number of fused-ring (bicyclic) bond motifs is 1. The Kier molecular flexibility index (Phi) is 2.88. The summed E-state index contributed by atoms with van der Waals surface area (Å²) < 4.78 is 18.1. The molecule has 2 nitrogen and oxygen atoms in total. The van der Waals surface area contributed by atoms with E-state index < -0.39 is 0 Å². The number of carbonyl (C=O) groups is 1. The van der Waals surface area contributed by atoms with Gasteiger partial charge in [0, 0.05) is 5.56 Å². The van der Waals surface area contributed by atoms with Crippen LogP contribution in [0.5, 0.6) is 0 Å². The predicted octanol–water partition coefficient (Wildman–Crippen LogP) is 3.75. The number of halogens is 1. The summed E-state index contributed by atoms with van der Waals surface area (Å²) in [7, 11) is 0. The fourth-order valence-corrected chi connectivity index (χ4v) is 2.09. The number of hydrogen-bond donors (Lipinski definition) is 0. The molecule has 2 aromatic carbocycles. The van der Waals surface area contributed by atoms with E-state index in [1.807, 2.05) is 24.3 Å². The zero-order valence-corrected chi connectivity index (χ0v) is 10.0. The molecule has 1 heterocycles. The predicted molar refractivity (Wildman–Crippen MR) is 70.0 cm³/mol. The first-order valence-electron chi connectivity index (χ1n) is 5.98. The number of hydrogen-bond acceptors (Lipinski definition) is 2. The van der Waals surface area contributed by atoms with Crippen molar-refractivity contribution in [2.45, 2.75) is 6.10 Å². The van der Waals surface area contributed by atoms with E-state index in [1.54, 1.807) is 24.3 Å². The molecule has 1 unspecified atom stereocenters. The molecule has 1 atom stereocenters. The Hall–Kier alpha value is -2.42. The number of carbonyl (C=O) groups excluding carboxylic acids is 1. The third-order valence-electron chi connectivity index (χ3n) is 3.05. The minimum atomic E-state index is -0.367. The van der Waals surface area contributed by atoms with E-state index >= 15 is 0 Å². The minimum absolute atomic E-state index is 0.269. The molecule has 94 valence electrons. The summed E-state index contributed by atoms with van der Waals surface area (Å²) in [5.41, 5.74) is 2.34. The maximum Gasteiger partial charge on any atom is 0.339 e. The van der Waals surface area contributed by atoms with Gasteiger partial charge in [0.1, 0.15) is 11.9 Å². The highest BCUT2D eigenvalue weighted by Crippen LogP contribution is 2.31. The van der Waals surface area contributed by atoms with Crippen molar-refractivity contribution >= 4 is 12.0 Å². The van der Waals surface area contributed by atoms with E-state index in [9.17, 15) is 9.18 Å². The third kappa shape index (κ3) is 2.27. The number of cyclic esters (lactones) is 1. The number of ether oxygens (including phenoxy) is 1. The van der Waals surface area contributed by atoms with Gasteiger partial charge in [-0.15, -0.1) is 0 Å². The van der Waals surface area contributed by atoms with E-state index in [0.29, 0.717) is 5.56 Å². The molecule has 3 heteroatoms. The largest absolute Gasteiger partial charge is 0.450 e. The fraction of sp³-hybridized carbons (Fsp3) is 0.0625. The van der Waals surface area contributed by atoms with Gasteiger partial charge in [0.15, 0.2) is 0 Å². The van der Waals surface area contributed by atoms with Crippen molar-refractivity contribution in [2.24, 2.45) is 0 Å². The van der Waals surface area contributed by atoms with Gasteiger partial charge in [-0.2, -0.15) is 0 Å². The molecule has 2 aromatic rings. The van der Waals surface area contributed by atoms with Gasteiger partial charge in [0.2, 0.25) is 0 Å². The standard InChI is InChI=1S/C16H11FO2/c17-12-8-5-11(6-9-12)7-10-15-13-3-1-2-4-14(13)16(18)19-15/h1-10,15H/b10-7+. The lowest BCUT2D eigenvalue weighted by atomic mass is 10.0. The lowest BCUT2D eigenvalue weighted by molar-refractivity contribution is 0.0468. The van der Waals surface area contributed by atoms with Crippen LogP contribution in [0.1, 0.15) is 27.6 Å². The van der Waals surface area contributed by atoms with Crippen molar-refractivity contribution in [3.8, 4) is 0 Å². The van der Waals surface area contributed by atoms with Gasteiger partial charge >= 0.3 is 5.97 Å². The highest BCUT2D eigenvalue weighted by Gasteiger charge is 2.28. The van der Waals surface area contributed by atoms with Crippen LogP contribution >= 0.6 is 0 Å². The summed E-state index contributed by atoms with van der Waals surface area (Å²) in [5, 5.41) is 0. The molecule has 0 fully saturated rings. The maximum absolute atomic E-state index is 12.8. The van der Waals surface area contributed by atoms with Crippen LogP contribution in [0.3, 0.4) is 0 Å². The van der Waals surface area contributed by atoms with Gasteiger partial charge in [-0.3, -0.25) is 0 Å². The quantitative estimate of drug-likeness (QED) is 0.763. The van der Waals surface area contributed by atoms with Crippen LogP contribution in [-0.2, 0) is 4.74 Å². The minimum Gasteiger partial charge on any atom is -0.450 e. The summed E-state index contributed by atoms with van der Waals surface area (Å²) in [6.45, 7) is 0. The fourth-order valence-electron chi connectivity index (χ4n) is 2.09. The second-order valence-corrected chi connectivity index (χ2v) is 4.32. The first-order chi connectivity index (χ1) is 9.24. The topological polar surface area (TPSA) is 26.3 Å². The Morgan fingerprint density at radius 1 is 1.05 bits per heavy atom. The maximum atomic E-state index is 12.8. The Labute approximate surface area is 110 Å². The molecule has 0 aromatic heterocycles. The molecule has 0 radical (unpaired) electrons. The first-order valence-corrected chi connectivity index (χ1v) is 5.98. The van der Waals surface area contributed by atoms with Gasteiger partial charge < -0.3 is 4.74 Å². The lowest BCUT2D eigenvalue weighted by Gasteiger charge is -2.04. The summed E-state index contributed by atoms with van der Waals surface area (Å²) in [4.78, 5) is 11.6. The molecule has 1 aliphatic rings. The second-order valence-electron chi connectivity index (χ2n) is 4.32. The van der Waals surface area contributed by atoms with E-state index in [0.717, 1.165) is 11.1 Å². The van der Waals surface area contributed by atoms with Crippen LogP contribution in [-0.4, -0.2) is 5.97 Å². The first kappa shape index (κ1) is 11.7. The average molecular weight is 254 g/mol. The van der Waals surface area contributed by atoms with Crippen molar-refractivity contribution < 1.29 is 13.9 Å². The van der Waals surface area contributed by atoms with Crippen LogP contribution in [0.25, 0.3) is 6.08 Å². The molecular weight excluding hydrogens is 243 g/mol. The third-order valence-corrected chi connectivity index (χ3v) is 3.05. The zero-order chi connectivity index (χ0) is 13.2. The molecule has 0 amide bonds. The van der Waals surface area contributed by atoms with Crippen LogP contribution < -0.4 is 0 Å². The summed E-state index contributed by atoms with van der Waals surface area (Å²) in [6.07, 6.45) is 3.25. The molecule has 0 aliphatic carbocycles. The molecule has 0 saturated carbocycles. The monoisotopic (exact) mass is 254 g/mol. The van der Waals surface area contributed by atoms with E-state index in [4.69, 9.17) is 4.74 Å². The van der Waals surface area contributed by atoms with Crippen LogP contribution in [0.15, 0.2) is 54.6 Å². The van der Waals surface area contributed by atoms with E-state index in [1.165, 1.54) is 12.1 Å². The van der Waals surface area contributed by atoms with Gasteiger partial charge in [0.05, 0.1) is 5.56 Å². The van der Waals surface area contributed by atoms with Gasteiger partial charge in [-0.1, -0.05) is 36.4 Å². The summed E-state index contributed by atoms with van der Waals surface area (Å²) in [5.74, 6) is -0.570. The second kappa shape index (κ2) is 4.69. The summed E-state index contributed by atoms with van der Waals surface area (Å²) >= 11 is 0. The molecule has 0 N–H and O–H groups in total. The highest BCUT2D eigenvalue weighted by molar-refractivity contribution is 5.94. The average Bonchev–Trinajstić information content (AvgIpc) is 2.76. The molecule has 0 spiro atoms. The Morgan fingerprint density at radius 2 is 1.79 bits per heavy atom. The smallest absolute Gasteiger partial charge is 0.339 e.